The average molecular weight is 388 g/mol. The van der Waals surface area contributed by atoms with Gasteiger partial charge in [-0.1, -0.05) is 28.1 Å². The van der Waals surface area contributed by atoms with Crippen molar-refractivity contribution in [1.82, 2.24) is 10.2 Å². The van der Waals surface area contributed by atoms with Crippen LogP contribution >= 0.6 is 28.3 Å². The maximum atomic E-state index is 12.4. The fraction of sp³-hybridized carbons (Fsp3) is 0.588. The smallest absolute Gasteiger partial charge is 0.222 e. The van der Waals surface area contributed by atoms with Gasteiger partial charge in [-0.05, 0) is 49.8 Å². The van der Waals surface area contributed by atoms with Crippen molar-refractivity contribution < 1.29 is 4.79 Å². The topological polar surface area (TPSA) is 32.3 Å². The third-order valence-corrected chi connectivity index (χ3v) is 5.46. The van der Waals surface area contributed by atoms with Crippen LogP contribution in [-0.4, -0.2) is 36.0 Å². The van der Waals surface area contributed by atoms with E-state index in [1.807, 2.05) is 24.1 Å². The third kappa shape index (κ3) is 4.24. The van der Waals surface area contributed by atoms with Crippen molar-refractivity contribution in [3.05, 3.63) is 34.3 Å². The van der Waals surface area contributed by atoms with Crippen molar-refractivity contribution in [2.45, 2.75) is 56.7 Å². The normalized spacial score (nSPS) is 26.4. The predicted octanol–water partition coefficient (Wildman–Crippen LogP) is 3.54. The molecular weight excluding hydrogens is 364 g/mol. The van der Waals surface area contributed by atoms with E-state index in [-0.39, 0.29) is 18.3 Å². The molecule has 2 unspecified atom stereocenters. The zero-order valence-electron chi connectivity index (χ0n) is 12.9. The maximum absolute atomic E-state index is 12.4. The van der Waals surface area contributed by atoms with Gasteiger partial charge in [0.2, 0.25) is 5.91 Å². The van der Waals surface area contributed by atoms with Crippen molar-refractivity contribution in [3.63, 3.8) is 0 Å². The molecule has 0 radical (unpaired) electrons. The summed E-state index contributed by atoms with van der Waals surface area (Å²) >= 11 is 3.44. The number of nitrogens with zero attached hydrogens (tertiary/aromatic N) is 1. The van der Waals surface area contributed by atoms with Gasteiger partial charge in [0.25, 0.3) is 0 Å². The highest BCUT2D eigenvalue weighted by molar-refractivity contribution is 9.10. The Morgan fingerprint density at radius 1 is 1.23 bits per heavy atom. The molecule has 2 aliphatic heterocycles. The zero-order chi connectivity index (χ0) is 14.8. The van der Waals surface area contributed by atoms with Crippen molar-refractivity contribution in [1.29, 1.82) is 0 Å². The molecule has 2 aliphatic rings. The number of nitrogens with one attached hydrogen (secondary N) is 1. The number of carbonyl (C=O) groups is 1. The molecule has 3 nitrogen and oxygen atoms in total. The fourth-order valence-electron chi connectivity index (χ4n) is 3.63. The van der Waals surface area contributed by atoms with Crippen LogP contribution in [0.4, 0.5) is 0 Å². The van der Waals surface area contributed by atoms with E-state index in [1.54, 1.807) is 0 Å². The van der Waals surface area contributed by atoms with Crippen molar-refractivity contribution in [2.24, 2.45) is 0 Å². The molecule has 2 heterocycles. The van der Waals surface area contributed by atoms with Crippen LogP contribution in [0.25, 0.3) is 0 Å². The molecule has 22 heavy (non-hydrogen) atoms. The van der Waals surface area contributed by atoms with Crippen LogP contribution < -0.4 is 5.32 Å². The van der Waals surface area contributed by atoms with Gasteiger partial charge in [-0.3, -0.25) is 4.79 Å². The number of fused-ring (bicyclic) bond motifs is 2. The Hall–Kier alpha value is -0.580. The van der Waals surface area contributed by atoms with Gasteiger partial charge >= 0.3 is 0 Å². The highest BCUT2D eigenvalue weighted by atomic mass is 79.9. The summed E-state index contributed by atoms with van der Waals surface area (Å²) < 4.78 is 1.08. The molecule has 2 fully saturated rings. The van der Waals surface area contributed by atoms with E-state index >= 15 is 0 Å². The quantitative estimate of drug-likeness (QED) is 0.857. The number of carbonyl (C=O) groups excluding carboxylic acids is 1. The van der Waals surface area contributed by atoms with Crippen LogP contribution in [0.2, 0.25) is 0 Å². The Morgan fingerprint density at radius 3 is 2.41 bits per heavy atom. The molecule has 0 aromatic heterocycles. The number of halogens is 2. The molecule has 1 aromatic carbocycles. The Bertz CT molecular complexity index is 496. The summed E-state index contributed by atoms with van der Waals surface area (Å²) in [5, 5.41) is 3.63. The summed E-state index contributed by atoms with van der Waals surface area (Å²) in [5.41, 5.74) is 1.23. The lowest BCUT2D eigenvalue weighted by atomic mass is 9.98. The zero-order valence-corrected chi connectivity index (χ0v) is 15.3. The van der Waals surface area contributed by atoms with Crippen LogP contribution in [0.15, 0.2) is 28.7 Å². The lowest BCUT2D eigenvalue weighted by Crippen LogP contribution is -2.48. The van der Waals surface area contributed by atoms with Gasteiger partial charge < -0.3 is 10.2 Å². The first-order valence-electron chi connectivity index (χ1n) is 7.88. The van der Waals surface area contributed by atoms with Crippen LogP contribution in [0.5, 0.6) is 0 Å². The van der Waals surface area contributed by atoms with Gasteiger partial charge in [0.15, 0.2) is 0 Å². The fourth-order valence-corrected chi connectivity index (χ4v) is 3.89. The van der Waals surface area contributed by atoms with E-state index in [0.29, 0.717) is 24.5 Å². The molecule has 5 heteroatoms. The highest BCUT2D eigenvalue weighted by Gasteiger charge is 2.36. The molecule has 2 atom stereocenters. The minimum absolute atomic E-state index is 0. The first kappa shape index (κ1) is 17.8. The number of hydrogen-bond donors (Lipinski definition) is 1. The SMILES string of the molecule is CN(C(=O)CCc1ccc(Br)cc1)C1CC2CCC(C1)N2.Cl. The van der Waals surface area contributed by atoms with Gasteiger partial charge in [-0.25, -0.2) is 0 Å². The van der Waals surface area contributed by atoms with Gasteiger partial charge in [0.1, 0.15) is 0 Å². The van der Waals surface area contributed by atoms with E-state index in [0.717, 1.165) is 23.7 Å². The number of amides is 1. The van der Waals surface area contributed by atoms with Crippen LogP contribution in [0.3, 0.4) is 0 Å². The van der Waals surface area contributed by atoms with Crippen molar-refractivity contribution in [3.8, 4) is 0 Å². The van der Waals surface area contributed by atoms with Crippen molar-refractivity contribution in [2.75, 3.05) is 7.05 Å². The van der Waals surface area contributed by atoms with Crippen LogP contribution in [0, 0.1) is 0 Å². The number of aryl methyl sites for hydroxylation is 1. The molecule has 2 bridgehead atoms. The second-order valence-corrected chi connectivity index (χ2v) is 7.31. The monoisotopic (exact) mass is 386 g/mol. The third-order valence-electron chi connectivity index (χ3n) is 4.93. The molecule has 1 N–H and O–H groups in total. The van der Waals surface area contributed by atoms with Gasteiger partial charge in [-0.2, -0.15) is 0 Å². The van der Waals surface area contributed by atoms with E-state index in [2.05, 4.69) is 33.4 Å². The lowest BCUT2D eigenvalue weighted by Gasteiger charge is -2.35. The average Bonchev–Trinajstić information content (AvgIpc) is 2.84. The Morgan fingerprint density at radius 2 is 1.82 bits per heavy atom. The Labute approximate surface area is 147 Å². The molecule has 2 saturated heterocycles. The minimum Gasteiger partial charge on any atom is -0.343 e. The van der Waals surface area contributed by atoms with Crippen molar-refractivity contribution >= 4 is 34.2 Å². The highest BCUT2D eigenvalue weighted by Crippen LogP contribution is 2.29. The van der Waals surface area contributed by atoms with Crippen LogP contribution in [-0.2, 0) is 11.2 Å². The summed E-state index contributed by atoms with van der Waals surface area (Å²) in [5.74, 6) is 0.282. The van der Waals surface area contributed by atoms with Crippen LogP contribution in [0.1, 0.15) is 37.7 Å². The summed E-state index contributed by atoms with van der Waals surface area (Å²) in [6.07, 6.45) is 6.24. The number of rotatable bonds is 4. The largest absolute Gasteiger partial charge is 0.343 e. The van der Waals surface area contributed by atoms with E-state index in [9.17, 15) is 4.79 Å². The van der Waals surface area contributed by atoms with Gasteiger partial charge in [0.05, 0.1) is 0 Å². The summed E-state index contributed by atoms with van der Waals surface area (Å²) in [7, 11) is 1.99. The molecular formula is C17H24BrClN2O. The Kier molecular flexibility index (Phi) is 6.30. The summed E-state index contributed by atoms with van der Waals surface area (Å²) in [6.45, 7) is 0. The number of piperidine rings is 1. The summed E-state index contributed by atoms with van der Waals surface area (Å²) in [4.78, 5) is 14.4. The number of benzene rings is 1. The first-order valence-corrected chi connectivity index (χ1v) is 8.67. The molecule has 1 amide bonds. The second kappa shape index (κ2) is 7.80. The second-order valence-electron chi connectivity index (χ2n) is 6.39. The minimum atomic E-state index is 0. The first-order chi connectivity index (χ1) is 10.1. The molecule has 0 spiro atoms. The van der Waals surface area contributed by atoms with Gasteiger partial charge in [-0.15, -0.1) is 12.4 Å². The molecule has 0 aliphatic carbocycles. The van der Waals surface area contributed by atoms with E-state index in [1.165, 1.54) is 18.4 Å². The standard InChI is InChI=1S/C17H23BrN2O.ClH/c1-20(16-10-14-7-8-15(11-16)19-14)17(21)9-4-12-2-5-13(18)6-3-12;/h2-3,5-6,14-16,19H,4,7-11H2,1H3;1H. The molecule has 0 saturated carbocycles. The Balaban J connectivity index is 0.00000176. The molecule has 3 rings (SSSR count). The van der Waals surface area contributed by atoms with Gasteiger partial charge in [0, 0.05) is 36.1 Å². The summed E-state index contributed by atoms with van der Waals surface area (Å²) in [6, 6.07) is 9.94. The predicted molar refractivity (Wildman–Crippen MR) is 95.4 cm³/mol. The molecule has 122 valence electrons. The van der Waals surface area contributed by atoms with E-state index < -0.39 is 0 Å². The number of hydrogen-bond acceptors (Lipinski definition) is 2. The molecule has 1 aromatic rings. The lowest BCUT2D eigenvalue weighted by molar-refractivity contribution is -0.132. The van der Waals surface area contributed by atoms with E-state index in [4.69, 9.17) is 0 Å². The maximum Gasteiger partial charge on any atom is 0.222 e.